The van der Waals surface area contributed by atoms with Crippen LogP contribution in [0, 0.1) is 5.92 Å². The molecule has 0 saturated carbocycles. The lowest BCUT2D eigenvalue weighted by Gasteiger charge is -2.25. The molecule has 5 heteroatoms. The number of hydroxylamine groups is 2. The first kappa shape index (κ1) is 13.7. The third kappa shape index (κ3) is 3.19. The Hall–Kier alpha value is -1.72. The molecule has 0 unspecified atom stereocenters. The van der Waals surface area contributed by atoms with Crippen molar-refractivity contribution in [3.05, 3.63) is 35.9 Å². The van der Waals surface area contributed by atoms with Crippen LogP contribution in [-0.2, 0) is 25.7 Å². The SMILES string of the molecule is CCOC(=O)[C@@H]1[C@@H]([C-]=O)CON1Cc1ccccc1. The van der Waals surface area contributed by atoms with Crippen molar-refractivity contribution in [2.75, 3.05) is 13.2 Å². The number of esters is 1. The van der Waals surface area contributed by atoms with Crippen LogP contribution in [0.5, 0.6) is 0 Å². The zero-order chi connectivity index (χ0) is 13.7. The first-order valence-electron chi connectivity index (χ1n) is 6.24. The van der Waals surface area contributed by atoms with Crippen LogP contribution in [0.4, 0.5) is 0 Å². The average molecular weight is 262 g/mol. The van der Waals surface area contributed by atoms with Gasteiger partial charge in [0.25, 0.3) is 0 Å². The summed E-state index contributed by atoms with van der Waals surface area (Å²) in [6, 6.07) is 8.90. The lowest BCUT2D eigenvalue weighted by atomic mass is 10.0. The highest BCUT2D eigenvalue weighted by Crippen LogP contribution is 2.23. The number of benzene rings is 1. The highest BCUT2D eigenvalue weighted by molar-refractivity contribution is 5.80. The molecule has 1 aromatic rings. The summed E-state index contributed by atoms with van der Waals surface area (Å²) in [5.41, 5.74) is 1.00. The lowest BCUT2D eigenvalue weighted by Crippen LogP contribution is -2.40. The molecule has 1 saturated heterocycles. The van der Waals surface area contributed by atoms with Crippen LogP contribution >= 0.6 is 0 Å². The fourth-order valence-corrected chi connectivity index (χ4v) is 2.06. The Morgan fingerprint density at radius 2 is 2.21 bits per heavy atom. The smallest absolute Gasteiger partial charge is 0.323 e. The topological polar surface area (TPSA) is 55.8 Å². The monoisotopic (exact) mass is 262 g/mol. The summed E-state index contributed by atoms with van der Waals surface area (Å²) in [6.07, 6.45) is 1.85. The molecule has 0 spiro atoms. The van der Waals surface area contributed by atoms with Crippen LogP contribution in [0.1, 0.15) is 12.5 Å². The van der Waals surface area contributed by atoms with Crippen molar-refractivity contribution in [3.8, 4) is 0 Å². The summed E-state index contributed by atoms with van der Waals surface area (Å²) >= 11 is 0. The largest absolute Gasteiger partial charge is 0.541 e. The van der Waals surface area contributed by atoms with Crippen LogP contribution in [0.2, 0.25) is 0 Å². The van der Waals surface area contributed by atoms with Gasteiger partial charge < -0.3 is 14.4 Å². The maximum atomic E-state index is 11.9. The molecular formula is C14H16NO4-. The Kier molecular flexibility index (Phi) is 4.65. The second-order valence-electron chi connectivity index (χ2n) is 4.28. The standard InChI is InChI=1S/C14H16NO4/c1-2-18-14(17)13-12(9-16)10-19-15(13)8-11-6-4-3-5-7-11/h3-7,12-13H,2,8,10H2,1H3/q-1/t12-,13-/m0/s1. The molecule has 0 aliphatic carbocycles. The molecule has 1 aromatic carbocycles. The number of carbonyl (C=O) groups is 1. The molecule has 102 valence electrons. The van der Waals surface area contributed by atoms with Gasteiger partial charge in [0, 0.05) is 13.2 Å². The zero-order valence-electron chi connectivity index (χ0n) is 10.7. The highest BCUT2D eigenvalue weighted by atomic mass is 16.7. The summed E-state index contributed by atoms with van der Waals surface area (Å²) in [6.45, 7) is 2.61. The second-order valence-corrected chi connectivity index (χ2v) is 4.28. The Morgan fingerprint density at radius 3 is 2.84 bits per heavy atom. The van der Waals surface area contributed by atoms with Crippen LogP contribution in [0.25, 0.3) is 0 Å². The molecule has 2 rings (SSSR count). The van der Waals surface area contributed by atoms with Crippen molar-refractivity contribution < 1.29 is 19.2 Å². The van der Waals surface area contributed by atoms with Crippen molar-refractivity contribution >= 4 is 12.3 Å². The molecule has 19 heavy (non-hydrogen) atoms. The first-order valence-corrected chi connectivity index (χ1v) is 6.24. The van der Waals surface area contributed by atoms with E-state index >= 15 is 0 Å². The van der Waals surface area contributed by atoms with Crippen molar-refractivity contribution in [3.63, 3.8) is 0 Å². The van der Waals surface area contributed by atoms with E-state index in [9.17, 15) is 9.59 Å². The lowest BCUT2D eigenvalue weighted by molar-refractivity contribution is -0.173. The molecule has 0 amide bonds. The van der Waals surface area contributed by atoms with Crippen molar-refractivity contribution in [2.24, 2.45) is 5.92 Å². The number of ether oxygens (including phenoxy) is 1. The third-order valence-electron chi connectivity index (χ3n) is 2.97. The second kappa shape index (κ2) is 6.45. The molecule has 2 atom stereocenters. The summed E-state index contributed by atoms with van der Waals surface area (Å²) < 4.78 is 4.99. The quantitative estimate of drug-likeness (QED) is 0.587. The normalized spacial score (nSPS) is 23.2. The Balaban J connectivity index is 2.10. The van der Waals surface area contributed by atoms with Crippen LogP contribution in [0.3, 0.4) is 0 Å². The minimum atomic E-state index is -0.711. The van der Waals surface area contributed by atoms with Crippen LogP contribution in [0.15, 0.2) is 30.3 Å². The van der Waals surface area contributed by atoms with Gasteiger partial charge in [-0.2, -0.15) is 5.06 Å². The van der Waals surface area contributed by atoms with Gasteiger partial charge in [-0.15, -0.1) is 0 Å². The van der Waals surface area contributed by atoms with E-state index in [-0.39, 0.29) is 13.2 Å². The van der Waals surface area contributed by atoms with Crippen LogP contribution in [-0.4, -0.2) is 36.6 Å². The van der Waals surface area contributed by atoms with Gasteiger partial charge in [0.2, 0.25) is 0 Å². The van der Waals surface area contributed by atoms with E-state index in [1.54, 1.807) is 6.92 Å². The molecule has 5 nitrogen and oxygen atoms in total. The minimum absolute atomic E-state index is 0.166. The Labute approximate surface area is 112 Å². The fourth-order valence-electron chi connectivity index (χ4n) is 2.06. The molecule has 1 aliphatic heterocycles. The van der Waals surface area contributed by atoms with Gasteiger partial charge in [0.15, 0.2) is 0 Å². The minimum Gasteiger partial charge on any atom is -0.541 e. The van der Waals surface area contributed by atoms with Gasteiger partial charge in [-0.05, 0) is 12.5 Å². The van der Waals surface area contributed by atoms with Gasteiger partial charge in [-0.1, -0.05) is 36.2 Å². The Morgan fingerprint density at radius 1 is 1.47 bits per heavy atom. The van der Waals surface area contributed by atoms with Crippen molar-refractivity contribution in [1.82, 2.24) is 5.06 Å². The van der Waals surface area contributed by atoms with E-state index in [0.717, 1.165) is 5.56 Å². The van der Waals surface area contributed by atoms with Gasteiger partial charge in [-0.25, -0.2) is 0 Å². The van der Waals surface area contributed by atoms with E-state index in [2.05, 4.69) is 0 Å². The molecule has 1 aliphatic rings. The maximum Gasteiger partial charge on any atom is 0.323 e. The van der Waals surface area contributed by atoms with E-state index in [0.29, 0.717) is 6.54 Å². The number of rotatable bonds is 5. The third-order valence-corrected chi connectivity index (χ3v) is 2.97. The van der Waals surface area contributed by atoms with Gasteiger partial charge in [-0.3, -0.25) is 11.1 Å². The molecule has 1 heterocycles. The Bertz CT molecular complexity index is 434. The van der Waals surface area contributed by atoms with Gasteiger partial charge >= 0.3 is 5.97 Å². The van der Waals surface area contributed by atoms with E-state index in [1.807, 2.05) is 36.6 Å². The first-order chi connectivity index (χ1) is 9.26. The number of hydrogen-bond donors (Lipinski definition) is 0. The van der Waals surface area contributed by atoms with Gasteiger partial charge in [0.1, 0.15) is 6.04 Å². The number of hydrogen-bond acceptors (Lipinski definition) is 5. The molecule has 0 bridgehead atoms. The zero-order valence-corrected chi connectivity index (χ0v) is 10.7. The van der Waals surface area contributed by atoms with E-state index in [4.69, 9.17) is 9.57 Å². The highest BCUT2D eigenvalue weighted by Gasteiger charge is 2.36. The summed E-state index contributed by atoms with van der Waals surface area (Å²) in [5.74, 6) is -1.04. The van der Waals surface area contributed by atoms with Crippen molar-refractivity contribution in [1.29, 1.82) is 0 Å². The molecule has 0 aromatic heterocycles. The molecule has 0 N–H and O–H groups in total. The summed E-state index contributed by atoms with van der Waals surface area (Å²) in [4.78, 5) is 28.2. The fraction of sp³-hybridized carbons (Fsp3) is 0.429. The maximum absolute atomic E-state index is 11.9. The number of carbonyl (C=O) groups excluding carboxylic acids is 2. The number of nitrogens with zero attached hydrogens (tertiary/aromatic N) is 1. The molecule has 0 radical (unpaired) electrons. The summed E-state index contributed by atoms with van der Waals surface area (Å²) in [5, 5.41) is 1.50. The van der Waals surface area contributed by atoms with Crippen LogP contribution < -0.4 is 0 Å². The summed E-state index contributed by atoms with van der Waals surface area (Å²) in [7, 11) is 0. The molecular weight excluding hydrogens is 246 g/mol. The predicted octanol–water partition coefficient (Wildman–Crippen LogP) is 1.09. The molecule has 1 fully saturated rings. The predicted molar refractivity (Wildman–Crippen MR) is 67.5 cm³/mol. The van der Waals surface area contributed by atoms with Crippen molar-refractivity contribution in [2.45, 2.75) is 19.5 Å². The van der Waals surface area contributed by atoms with E-state index in [1.165, 1.54) is 5.06 Å². The average Bonchev–Trinajstić information content (AvgIpc) is 2.83. The van der Waals surface area contributed by atoms with Gasteiger partial charge in [0.05, 0.1) is 6.61 Å². The van der Waals surface area contributed by atoms with E-state index < -0.39 is 17.9 Å².